The molecule has 0 spiro atoms. The number of benzene rings is 2. The van der Waals surface area contributed by atoms with Crippen molar-refractivity contribution in [2.45, 2.75) is 26.2 Å². The van der Waals surface area contributed by atoms with Gasteiger partial charge in [0.2, 0.25) is 0 Å². The summed E-state index contributed by atoms with van der Waals surface area (Å²) in [5.74, 6) is 0.725. The molecule has 2 aromatic carbocycles. The zero-order valence-corrected chi connectivity index (χ0v) is 14.3. The van der Waals surface area contributed by atoms with Crippen molar-refractivity contribution in [3.8, 4) is 5.75 Å². The van der Waals surface area contributed by atoms with Crippen LogP contribution >= 0.6 is 11.6 Å². The zero-order valence-electron chi connectivity index (χ0n) is 13.5. The van der Waals surface area contributed by atoms with Gasteiger partial charge in [0, 0.05) is 10.6 Å². The predicted molar refractivity (Wildman–Crippen MR) is 94.4 cm³/mol. The second kappa shape index (κ2) is 6.21. The number of ether oxygens (including phenoxy) is 1. The van der Waals surface area contributed by atoms with Gasteiger partial charge in [-0.05, 0) is 66.4 Å². The fourth-order valence-electron chi connectivity index (χ4n) is 3.38. The minimum atomic E-state index is -0.216. The fourth-order valence-corrected chi connectivity index (χ4v) is 3.51. The van der Waals surface area contributed by atoms with Crippen LogP contribution in [0.1, 0.15) is 47.7 Å². The number of ketones is 1. The van der Waals surface area contributed by atoms with Crippen LogP contribution in [0, 0.1) is 0 Å². The van der Waals surface area contributed by atoms with E-state index in [1.54, 1.807) is 31.4 Å². The smallest absolute Gasteiger partial charge is 0.174 e. The summed E-state index contributed by atoms with van der Waals surface area (Å²) in [5, 5.41) is 0.639. The highest BCUT2D eigenvalue weighted by Crippen LogP contribution is 2.45. The Kier molecular flexibility index (Phi) is 4.27. The van der Waals surface area contributed by atoms with E-state index in [2.05, 4.69) is 13.8 Å². The normalized spacial score (nSPS) is 16.4. The van der Waals surface area contributed by atoms with Gasteiger partial charge in [-0.2, -0.15) is 0 Å². The zero-order chi connectivity index (χ0) is 16.6. The topological polar surface area (TPSA) is 26.3 Å². The van der Waals surface area contributed by atoms with Crippen molar-refractivity contribution in [2.24, 2.45) is 0 Å². The van der Waals surface area contributed by atoms with Crippen molar-refractivity contribution in [3.63, 3.8) is 0 Å². The lowest BCUT2D eigenvalue weighted by molar-refractivity contribution is 0.0973. The molecule has 0 bridgehead atoms. The Morgan fingerprint density at radius 3 is 2.48 bits per heavy atom. The van der Waals surface area contributed by atoms with Gasteiger partial charge in [0.05, 0.1) is 13.0 Å². The third kappa shape index (κ3) is 2.68. The van der Waals surface area contributed by atoms with E-state index in [1.165, 1.54) is 5.57 Å². The molecule has 0 amide bonds. The quantitative estimate of drug-likeness (QED) is 0.692. The molecule has 0 saturated carbocycles. The summed E-state index contributed by atoms with van der Waals surface area (Å²) in [4.78, 5) is 13.0. The highest BCUT2D eigenvalue weighted by molar-refractivity contribution is 6.30. The summed E-state index contributed by atoms with van der Waals surface area (Å²) in [5.41, 5.74) is 5.27. The van der Waals surface area contributed by atoms with Gasteiger partial charge in [-0.1, -0.05) is 30.2 Å². The van der Waals surface area contributed by atoms with Crippen LogP contribution in [0.3, 0.4) is 0 Å². The van der Waals surface area contributed by atoms with Gasteiger partial charge in [0.25, 0.3) is 0 Å². The molecule has 0 radical (unpaired) electrons. The van der Waals surface area contributed by atoms with Gasteiger partial charge in [0.1, 0.15) is 5.75 Å². The molecule has 1 aliphatic carbocycles. The first-order valence-corrected chi connectivity index (χ1v) is 8.12. The molecule has 3 rings (SSSR count). The van der Waals surface area contributed by atoms with E-state index in [0.29, 0.717) is 10.6 Å². The average Bonchev–Trinajstić information content (AvgIpc) is 2.85. The summed E-state index contributed by atoms with van der Waals surface area (Å²) in [7, 11) is 1.66. The van der Waals surface area contributed by atoms with Crippen molar-refractivity contribution in [1.29, 1.82) is 0 Å². The minimum Gasteiger partial charge on any atom is -0.497 e. The SMILES string of the molecule is CCC1=C(C)C(C(=O)c2ccc(Cl)cc2)c2ccc(OC)cc21. The minimum absolute atomic E-state index is 0.119. The molecule has 0 heterocycles. The molecule has 2 aromatic rings. The van der Waals surface area contributed by atoms with Crippen LogP contribution in [0.5, 0.6) is 5.75 Å². The van der Waals surface area contributed by atoms with Crippen LogP contribution < -0.4 is 4.74 Å². The molecular formula is C20H19ClO2. The first kappa shape index (κ1) is 15.8. The van der Waals surface area contributed by atoms with E-state index in [4.69, 9.17) is 16.3 Å². The number of carbonyl (C=O) groups is 1. The van der Waals surface area contributed by atoms with Gasteiger partial charge in [0.15, 0.2) is 5.78 Å². The van der Waals surface area contributed by atoms with Gasteiger partial charge in [-0.25, -0.2) is 0 Å². The molecule has 0 saturated heterocycles. The van der Waals surface area contributed by atoms with E-state index in [0.717, 1.165) is 28.9 Å². The maximum absolute atomic E-state index is 13.0. The standard InChI is InChI=1S/C20H19ClO2/c1-4-16-12(2)19(17-10-9-15(23-3)11-18(16)17)20(22)13-5-7-14(21)8-6-13/h5-11,19H,4H2,1-3H3. The van der Waals surface area contributed by atoms with Crippen LogP contribution in [-0.4, -0.2) is 12.9 Å². The third-order valence-corrected chi connectivity index (χ3v) is 4.80. The molecule has 0 aliphatic heterocycles. The highest BCUT2D eigenvalue weighted by atomic mass is 35.5. The lowest BCUT2D eigenvalue weighted by Gasteiger charge is -2.14. The maximum Gasteiger partial charge on any atom is 0.174 e. The number of rotatable bonds is 4. The van der Waals surface area contributed by atoms with Crippen LogP contribution in [0.15, 0.2) is 48.0 Å². The number of hydrogen-bond acceptors (Lipinski definition) is 2. The summed E-state index contributed by atoms with van der Waals surface area (Å²) in [6.07, 6.45) is 0.899. The van der Waals surface area contributed by atoms with Gasteiger partial charge in [-0.15, -0.1) is 0 Å². The molecule has 1 atom stereocenters. The van der Waals surface area contributed by atoms with E-state index < -0.39 is 0 Å². The van der Waals surface area contributed by atoms with Crippen LogP contribution in [-0.2, 0) is 0 Å². The van der Waals surface area contributed by atoms with Gasteiger partial charge in [-0.3, -0.25) is 4.79 Å². The summed E-state index contributed by atoms with van der Waals surface area (Å²) >= 11 is 5.93. The highest BCUT2D eigenvalue weighted by Gasteiger charge is 2.33. The van der Waals surface area contributed by atoms with Gasteiger partial charge >= 0.3 is 0 Å². The maximum atomic E-state index is 13.0. The van der Waals surface area contributed by atoms with Gasteiger partial charge < -0.3 is 4.74 Å². The van der Waals surface area contributed by atoms with Crippen molar-refractivity contribution in [1.82, 2.24) is 0 Å². The van der Waals surface area contributed by atoms with Crippen LogP contribution in [0.2, 0.25) is 5.02 Å². The number of hydrogen-bond donors (Lipinski definition) is 0. The van der Waals surface area contributed by atoms with E-state index in [-0.39, 0.29) is 11.7 Å². The molecule has 0 aromatic heterocycles. The predicted octanol–water partition coefficient (Wildman–Crippen LogP) is 5.51. The Hall–Kier alpha value is -2.06. The first-order valence-electron chi connectivity index (χ1n) is 7.74. The molecule has 1 unspecified atom stereocenters. The summed E-state index contributed by atoms with van der Waals surface area (Å²) < 4.78 is 5.34. The van der Waals surface area contributed by atoms with E-state index >= 15 is 0 Å². The number of methoxy groups -OCH3 is 1. The Bertz CT molecular complexity index is 788. The monoisotopic (exact) mass is 326 g/mol. The Balaban J connectivity index is 2.08. The molecular weight excluding hydrogens is 308 g/mol. The van der Waals surface area contributed by atoms with Crippen LogP contribution in [0.4, 0.5) is 0 Å². The van der Waals surface area contributed by atoms with E-state index in [1.807, 2.05) is 18.2 Å². The first-order chi connectivity index (χ1) is 11.1. The molecule has 1 aliphatic rings. The second-order valence-electron chi connectivity index (χ2n) is 5.77. The Morgan fingerprint density at radius 1 is 1.17 bits per heavy atom. The second-order valence-corrected chi connectivity index (χ2v) is 6.21. The number of Topliss-reactive ketones (excluding diaryl/α,β-unsaturated/α-hetero) is 1. The average molecular weight is 327 g/mol. The summed E-state index contributed by atoms with van der Waals surface area (Å²) in [6, 6.07) is 13.1. The number of fused-ring (bicyclic) bond motifs is 1. The largest absolute Gasteiger partial charge is 0.497 e. The molecule has 0 fully saturated rings. The Morgan fingerprint density at radius 2 is 1.87 bits per heavy atom. The molecule has 23 heavy (non-hydrogen) atoms. The number of carbonyl (C=O) groups excluding carboxylic acids is 1. The van der Waals surface area contributed by atoms with Crippen molar-refractivity contribution < 1.29 is 9.53 Å². The lowest BCUT2D eigenvalue weighted by atomic mass is 9.88. The van der Waals surface area contributed by atoms with E-state index in [9.17, 15) is 4.79 Å². The van der Waals surface area contributed by atoms with Crippen molar-refractivity contribution in [3.05, 3.63) is 69.8 Å². The molecule has 3 heteroatoms. The fraction of sp³-hybridized carbons (Fsp3) is 0.250. The lowest BCUT2D eigenvalue weighted by Crippen LogP contribution is -2.12. The van der Waals surface area contributed by atoms with Crippen LogP contribution in [0.25, 0.3) is 5.57 Å². The molecule has 0 N–H and O–H groups in total. The third-order valence-electron chi connectivity index (χ3n) is 4.55. The number of halogens is 1. The number of allylic oxidation sites excluding steroid dienone is 2. The molecule has 2 nitrogen and oxygen atoms in total. The summed E-state index contributed by atoms with van der Waals surface area (Å²) in [6.45, 7) is 4.18. The Labute approximate surface area is 141 Å². The molecule has 118 valence electrons. The van der Waals surface area contributed by atoms with Crippen molar-refractivity contribution in [2.75, 3.05) is 7.11 Å². The van der Waals surface area contributed by atoms with Crippen molar-refractivity contribution >= 4 is 23.0 Å².